The first-order valence-corrected chi connectivity index (χ1v) is 6.00. The number of unbranched alkanes of at least 4 members (excludes halogenated alkanes) is 1. The third-order valence-corrected chi connectivity index (χ3v) is 2.63. The second-order valence-electron chi connectivity index (χ2n) is 4.69. The van der Waals surface area contributed by atoms with Gasteiger partial charge in [0.25, 0.3) is 0 Å². The predicted molar refractivity (Wildman–Crippen MR) is 65.6 cm³/mol. The Bertz CT molecular complexity index is 151. The summed E-state index contributed by atoms with van der Waals surface area (Å²) in [7, 11) is 7.93. The van der Waals surface area contributed by atoms with Crippen LogP contribution in [0.5, 0.6) is 0 Å². The quantitative estimate of drug-likeness (QED) is 0.396. The van der Waals surface area contributed by atoms with E-state index in [0.717, 1.165) is 30.7 Å². The smallest absolute Gasteiger partial charge is 0.102 e. The molecule has 0 rings (SSSR count). The molecule has 0 aliphatic carbocycles. The van der Waals surface area contributed by atoms with Gasteiger partial charge in [0.15, 0.2) is 0 Å². The van der Waals surface area contributed by atoms with Gasteiger partial charge in [0.05, 0.1) is 40.5 Å². The summed E-state index contributed by atoms with van der Waals surface area (Å²) in [5.41, 5.74) is 0. The molecule has 98 valence electrons. The van der Waals surface area contributed by atoms with Crippen LogP contribution in [0.25, 0.3) is 0 Å². The van der Waals surface area contributed by atoms with Crippen LogP contribution in [0.3, 0.4) is 0 Å². The van der Waals surface area contributed by atoms with Crippen LogP contribution in [0.15, 0.2) is 0 Å². The maximum atomic E-state index is 5.47. The molecule has 0 N–H and O–H groups in total. The number of quaternary nitrogens is 1. The third-order valence-electron chi connectivity index (χ3n) is 2.63. The predicted octanol–water partition coefficient (Wildman–Crippen LogP) is 1.15. The number of ether oxygens (including phenoxy) is 3. The van der Waals surface area contributed by atoms with E-state index in [2.05, 4.69) is 14.1 Å². The zero-order valence-corrected chi connectivity index (χ0v) is 11.3. The van der Waals surface area contributed by atoms with Gasteiger partial charge in [0.1, 0.15) is 6.54 Å². The van der Waals surface area contributed by atoms with Crippen LogP contribution in [0.4, 0.5) is 0 Å². The maximum absolute atomic E-state index is 5.47. The lowest BCUT2D eigenvalue weighted by Gasteiger charge is -2.29. The molecule has 0 fully saturated rings. The monoisotopic (exact) mass is 234 g/mol. The molecule has 0 unspecified atom stereocenters. The van der Waals surface area contributed by atoms with Gasteiger partial charge in [-0.25, -0.2) is 0 Å². The summed E-state index contributed by atoms with van der Waals surface area (Å²) in [5, 5.41) is 0. The fourth-order valence-corrected chi connectivity index (χ4v) is 1.45. The van der Waals surface area contributed by atoms with Crippen LogP contribution in [0, 0.1) is 0 Å². The highest BCUT2D eigenvalue weighted by molar-refractivity contribution is 4.40. The Kier molecular flexibility index (Phi) is 9.92. The third kappa shape index (κ3) is 10.4. The summed E-state index contributed by atoms with van der Waals surface area (Å²) < 4.78 is 16.4. The van der Waals surface area contributed by atoms with E-state index in [-0.39, 0.29) is 0 Å². The van der Waals surface area contributed by atoms with Crippen molar-refractivity contribution in [3.8, 4) is 0 Å². The minimum atomic E-state index is 0.682. The average Bonchev–Trinajstić information content (AvgIpc) is 2.24. The molecule has 0 aromatic rings. The highest BCUT2D eigenvalue weighted by Crippen LogP contribution is 2.01. The highest BCUT2D eigenvalue weighted by atomic mass is 16.5. The van der Waals surface area contributed by atoms with E-state index in [0.29, 0.717) is 13.2 Å². The fraction of sp³-hybridized carbons (Fsp3) is 1.00. The van der Waals surface area contributed by atoms with E-state index in [1.54, 1.807) is 14.2 Å². The SMILES string of the molecule is COCCCC[N+](C)(C)CCOCCOC. The molecule has 0 amide bonds. The zero-order valence-electron chi connectivity index (χ0n) is 11.3. The van der Waals surface area contributed by atoms with E-state index < -0.39 is 0 Å². The summed E-state index contributed by atoms with van der Waals surface area (Å²) in [6.07, 6.45) is 2.35. The van der Waals surface area contributed by atoms with Crippen LogP contribution in [0.2, 0.25) is 0 Å². The Labute approximate surface area is 100 Å². The second kappa shape index (κ2) is 10.0. The zero-order chi connectivity index (χ0) is 12.3. The van der Waals surface area contributed by atoms with Gasteiger partial charge in [-0.1, -0.05) is 0 Å². The van der Waals surface area contributed by atoms with Crippen LogP contribution < -0.4 is 0 Å². The van der Waals surface area contributed by atoms with Crippen molar-refractivity contribution in [3.05, 3.63) is 0 Å². The molecule has 0 heterocycles. The van der Waals surface area contributed by atoms with E-state index in [1.165, 1.54) is 13.0 Å². The van der Waals surface area contributed by atoms with Gasteiger partial charge >= 0.3 is 0 Å². The minimum Gasteiger partial charge on any atom is -0.385 e. The van der Waals surface area contributed by atoms with Gasteiger partial charge in [-0.3, -0.25) is 0 Å². The molecule has 0 bridgehead atoms. The number of hydrogen-bond donors (Lipinski definition) is 0. The Morgan fingerprint density at radius 2 is 1.44 bits per heavy atom. The summed E-state index contributed by atoms with van der Waals surface area (Å²) in [4.78, 5) is 0. The van der Waals surface area contributed by atoms with Crippen LogP contribution in [-0.2, 0) is 14.2 Å². The highest BCUT2D eigenvalue weighted by Gasteiger charge is 2.13. The summed E-state index contributed by atoms with van der Waals surface area (Å²) in [6.45, 7) is 5.28. The normalized spacial score (nSPS) is 12.0. The average molecular weight is 234 g/mol. The molecule has 0 aromatic carbocycles. The number of nitrogens with zero attached hydrogens (tertiary/aromatic N) is 1. The standard InChI is InChI=1S/C12H28NO3/c1-13(2,7-5-6-9-14-3)8-10-16-12-11-15-4/h5-12H2,1-4H3/q+1. The van der Waals surface area contributed by atoms with Gasteiger partial charge in [0.2, 0.25) is 0 Å². The lowest BCUT2D eigenvalue weighted by molar-refractivity contribution is -0.891. The molecule has 16 heavy (non-hydrogen) atoms. The first-order valence-electron chi connectivity index (χ1n) is 6.00. The Morgan fingerprint density at radius 1 is 0.750 bits per heavy atom. The van der Waals surface area contributed by atoms with Gasteiger partial charge in [-0.2, -0.15) is 0 Å². The van der Waals surface area contributed by atoms with Crippen molar-refractivity contribution < 1.29 is 18.7 Å². The van der Waals surface area contributed by atoms with Crippen molar-refractivity contribution in [2.45, 2.75) is 12.8 Å². The minimum absolute atomic E-state index is 0.682. The van der Waals surface area contributed by atoms with Crippen LogP contribution >= 0.6 is 0 Å². The molecule has 0 atom stereocenters. The van der Waals surface area contributed by atoms with Crippen molar-refractivity contribution in [2.75, 3.05) is 67.8 Å². The number of likely N-dealkylation sites (N-methyl/N-ethyl adjacent to an activating group) is 1. The van der Waals surface area contributed by atoms with Crippen molar-refractivity contribution in [2.24, 2.45) is 0 Å². The Hall–Kier alpha value is -0.160. The maximum Gasteiger partial charge on any atom is 0.102 e. The number of hydrogen-bond acceptors (Lipinski definition) is 3. The molecule has 4 heteroatoms. The van der Waals surface area contributed by atoms with E-state index in [4.69, 9.17) is 14.2 Å². The van der Waals surface area contributed by atoms with Crippen molar-refractivity contribution in [1.82, 2.24) is 0 Å². The first kappa shape index (κ1) is 15.8. The van der Waals surface area contributed by atoms with Gasteiger partial charge < -0.3 is 18.7 Å². The van der Waals surface area contributed by atoms with E-state index in [1.807, 2.05) is 0 Å². The molecule has 0 radical (unpaired) electrons. The molecular weight excluding hydrogens is 206 g/mol. The Morgan fingerprint density at radius 3 is 2.06 bits per heavy atom. The lowest BCUT2D eigenvalue weighted by Crippen LogP contribution is -2.43. The molecule has 0 aliphatic rings. The lowest BCUT2D eigenvalue weighted by atomic mass is 10.3. The van der Waals surface area contributed by atoms with Gasteiger partial charge in [0, 0.05) is 20.8 Å². The molecule has 0 spiro atoms. The van der Waals surface area contributed by atoms with Crippen molar-refractivity contribution in [3.63, 3.8) is 0 Å². The number of methoxy groups -OCH3 is 2. The van der Waals surface area contributed by atoms with E-state index in [9.17, 15) is 0 Å². The number of rotatable bonds is 11. The molecule has 0 aliphatic heterocycles. The van der Waals surface area contributed by atoms with E-state index >= 15 is 0 Å². The molecule has 0 saturated heterocycles. The van der Waals surface area contributed by atoms with Crippen LogP contribution in [0.1, 0.15) is 12.8 Å². The first-order chi connectivity index (χ1) is 7.62. The fourth-order valence-electron chi connectivity index (χ4n) is 1.45. The molecule has 4 nitrogen and oxygen atoms in total. The Balaban J connectivity index is 3.38. The molecular formula is C12H28NO3+. The van der Waals surface area contributed by atoms with Gasteiger partial charge in [-0.15, -0.1) is 0 Å². The van der Waals surface area contributed by atoms with Crippen molar-refractivity contribution in [1.29, 1.82) is 0 Å². The second-order valence-corrected chi connectivity index (χ2v) is 4.69. The molecule has 0 aromatic heterocycles. The summed E-state index contributed by atoms with van der Waals surface area (Å²) in [5.74, 6) is 0. The largest absolute Gasteiger partial charge is 0.385 e. The van der Waals surface area contributed by atoms with Crippen molar-refractivity contribution >= 4 is 0 Å². The van der Waals surface area contributed by atoms with Crippen LogP contribution in [-0.4, -0.2) is 72.3 Å². The summed E-state index contributed by atoms with van der Waals surface area (Å²) in [6, 6.07) is 0. The topological polar surface area (TPSA) is 27.7 Å². The molecule has 0 saturated carbocycles. The van der Waals surface area contributed by atoms with Gasteiger partial charge in [-0.05, 0) is 12.8 Å². The summed E-state index contributed by atoms with van der Waals surface area (Å²) >= 11 is 0.